The summed E-state index contributed by atoms with van der Waals surface area (Å²) in [5.74, 6) is 0.737. The highest BCUT2D eigenvalue weighted by molar-refractivity contribution is 6.15. The van der Waals surface area contributed by atoms with Crippen molar-refractivity contribution in [1.29, 1.82) is 5.41 Å². The van der Waals surface area contributed by atoms with Gasteiger partial charge in [-0.25, -0.2) is 4.99 Å². The van der Waals surface area contributed by atoms with Crippen LogP contribution >= 0.6 is 0 Å². The molecule has 2 aliphatic rings. The highest BCUT2D eigenvalue weighted by Crippen LogP contribution is 2.39. The summed E-state index contributed by atoms with van der Waals surface area (Å²) in [5.41, 5.74) is 11.2. The molecule has 6 N–H and O–H groups in total. The number of nitrogens with zero attached hydrogens (tertiary/aromatic N) is 3. The molecular weight excluding hydrogens is 564 g/mol. The molecule has 236 valence electrons. The van der Waals surface area contributed by atoms with Crippen LogP contribution in [0.4, 0.5) is 11.4 Å². The number of allylic oxidation sites excluding steroid dienone is 2. The third kappa shape index (κ3) is 7.12. The molecule has 3 aromatic rings. The third-order valence-corrected chi connectivity index (χ3v) is 8.53. The predicted octanol–water partition coefficient (Wildman–Crippen LogP) is 6.27. The zero-order valence-electron chi connectivity index (χ0n) is 26.8. The van der Waals surface area contributed by atoms with Crippen molar-refractivity contribution >= 4 is 58.6 Å². The number of H-pyrrole nitrogens is 1. The van der Waals surface area contributed by atoms with E-state index in [2.05, 4.69) is 45.0 Å². The molecule has 2 amide bonds. The van der Waals surface area contributed by atoms with Gasteiger partial charge in [0, 0.05) is 64.9 Å². The number of aromatic amines is 1. The van der Waals surface area contributed by atoms with Gasteiger partial charge in [-0.2, -0.15) is 0 Å². The van der Waals surface area contributed by atoms with Gasteiger partial charge >= 0.3 is 0 Å². The van der Waals surface area contributed by atoms with Crippen LogP contribution in [0, 0.1) is 17.2 Å². The zero-order valence-corrected chi connectivity index (χ0v) is 26.8. The Bertz CT molecular complexity index is 1690. The fourth-order valence-electron chi connectivity index (χ4n) is 5.93. The first kappa shape index (κ1) is 33.1. The summed E-state index contributed by atoms with van der Waals surface area (Å²) in [6, 6.07) is 11.4. The van der Waals surface area contributed by atoms with Crippen molar-refractivity contribution in [3.8, 4) is 0 Å². The summed E-state index contributed by atoms with van der Waals surface area (Å²) < 4.78 is 0. The van der Waals surface area contributed by atoms with E-state index in [1.54, 1.807) is 24.2 Å². The van der Waals surface area contributed by atoms with Gasteiger partial charge in [0.05, 0.1) is 23.4 Å². The Morgan fingerprint density at radius 2 is 1.84 bits per heavy atom. The first-order chi connectivity index (χ1) is 21.7. The minimum Gasteiger partial charge on any atom is -0.392 e. The average molecular weight is 609 g/mol. The number of aromatic nitrogens is 1. The third-order valence-electron chi connectivity index (χ3n) is 8.53. The van der Waals surface area contributed by atoms with Crippen molar-refractivity contribution in [3.63, 3.8) is 0 Å². The zero-order chi connectivity index (χ0) is 32.7. The minimum atomic E-state index is -0.106. The van der Waals surface area contributed by atoms with Gasteiger partial charge in [-0.15, -0.1) is 0 Å². The lowest BCUT2D eigenvalue weighted by atomic mass is 9.82. The standard InChI is InChI=1S/C34H39N7O2.CH5N/c1-20-12-14-23(15-13-20)33(42)40-28-10-6-9-25-27(28)19-41(34(25)43)29-11-7-8-24-26(18-39-32(24)29)31(37-5)21(2)17-38-30(35)16-22(3)36-4;1-2/h6-11,16-18,20,23,35-36,39H,5,12-15,19H2,1-4H3,(H,40,42);2H2,1H3/b22-16-,31-21-,35-30?,38-17?;. The number of hydrogen-bond acceptors (Lipinski definition) is 6. The molecule has 10 heteroatoms. The number of rotatable bonds is 8. The smallest absolute Gasteiger partial charge is 0.259 e. The average Bonchev–Trinajstić information content (AvgIpc) is 3.63. The van der Waals surface area contributed by atoms with E-state index >= 15 is 0 Å². The Morgan fingerprint density at radius 3 is 2.53 bits per heavy atom. The molecule has 0 radical (unpaired) electrons. The normalized spacial score (nSPS) is 18.7. The SMILES string of the molecule is C=N/C(=C(/C)C=NC(=N)/C=C(/C)NC)c1c[nH]c2c(N3Cc4c(NC(=O)C5CCC(C)CC5)cccc4C3=O)cccc12.CN. The molecule has 1 aliphatic carbocycles. The molecular formula is C35H44N8O2. The van der Waals surface area contributed by atoms with Crippen LogP contribution in [0.5, 0.6) is 0 Å². The molecule has 5 rings (SSSR count). The number of carbonyl (C=O) groups is 2. The van der Waals surface area contributed by atoms with Gasteiger partial charge in [-0.3, -0.25) is 20.0 Å². The van der Waals surface area contributed by atoms with E-state index in [-0.39, 0.29) is 23.6 Å². The van der Waals surface area contributed by atoms with Crippen LogP contribution in [0.2, 0.25) is 0 Å². The van der Waals surface area contributed by atoms with Gasteiger partial charge in [0.15, 0.2) is 0 Å². The summed E-state index contributed by atoms with van der Waals surface area (Å²) in [6.07, 6.45) is 9.06. The van der Waals surface area contributed by atoms with E-state index in [1.807, 2.05) is 56.4 Å². The summed E-state index contributed by atoms with van der Waals surface area (Å²) >= 11 is 0. The van der Waals surface area contributed by atoms with Gasteiger partial charge in [0.2, 0.25) is 5.91 Å². The van der Waals surface area contributed by atoms with Crippen LogP contribution in [0.1, 0.15) is 67.9 Å². The lowest BCUT2D eigenvalue weighted by Gasteiger charge is -2.25. The molecule has 1 fully saturated rings. The second-order valence-electron chi connectivity index (χ2n) is 11.5. The van der Waals surface area contributed by atoms with Gasteiger partial charge in [-0.1, -0.05) is 25.1 Å². The van der Waals surface area contributed by atoms with Crippen LogP contribution in [0.15, 0.2) is 69.9 Å². The summed E-state index contributed by atoms with van der Waals surface area (Å²) in [5, 5.41) is 15.1. The number of carbonyl (C=O) groups excluding carboxylic acids is 2. The fraction of sp³-hybridized carbons (Fsp3) is 0.343. The first-order valence-corrected chi connectivity index (χ1v) is 15.3. The van der Waals surface area contributed by atoms with E-state index in [0.29, 0.717) is 29.4 Å². The van der Waals surface area contributed by atoms with E-state index in [4.69, 9.17) is 5.41 Å². The van der Waals surface area contributed by atoms with Crippen molar-refractivity contribution in [3.05, 3.63) is 76.6 Å². The first-order valence-electron chi connectivity index (χ1n) is 15.3. The number of nitrogens with one attached hydrogen (secondary N) is 4. The number of fused-ring (bicyclic) bond motifs is 2. The van der Waals surface area contributed by atoms with Gasteiger partial charge in [0.1, 0.15) is 5.84 Å². The molecule has 0 unspecified atom stereocenters. The number of nitrogens with two attached hydrogens (primary N) is 1. The maximum Gasteiger partial charge on any atom is 0.259 e. The van der Waals surface area contributed by atoms with Crippen molar-refractivity contribution in [1.82, 2.24) is 10.3 Å². The van der Waals surface area contributed by atoms with Crippen LogP contribution in [-0.4, -0.2) is 49.7 Å². The lowest BCUT2D eigenvalue weighted by molar-refractivity contribution is -0.121. The minimum absolute atomic E-state index is 0.0140. The molecule has 10 nitrogen and oxygen atoms in total. The highest BCUT2D eigenvalue weighted by Gasteiger charge is 2.33. The molecule has 0 bridgehead atoms. The highest BCUT2D eigenvalue weighted by atomic mass is 16.2. The topological polar surface area (TPSA) is 152 Å². The van der Waals surface area contributed by atoms with Gasteiger partial charge in [0.25, 0.3) is 5.91 Å². The van der Waals surface area contributed by atoms with Crippen LogP contribution in [-0.2, 0) is 11.3 Å². The number of amides is 2. The molecule has 1 aliphatic heterocycles. The molecule has 0 atom stereocenters. The Morgan fingerprint density at radius 1 is 1.13 bits per heavy atom. The largest absolute Gasteiger partial charge is 0.392 e. The Labute approximate surface area is 265 Å². The monoisotopic (exact) mass is 608 g/mol. The molecule has 1 saturated carbocycles. The molecule has 0 saturated heterocycles. The second-order valence-corrected chi connectivity index (χ2v) is 11.5. The van der Waals surface area contributed by atoms with E-state index in [1.165, 1.54) is 7.05 Å². The lowest BCUT2D eigenvalue weighted by Crippen LogP contribution is -2.27. The van der Waals surface area contributed by atoms with Crippen LogP contribution in [0.25, 0.3) is 16.6 Å². The molecule has 0 spiro atoms. The van der Waals surface area contributed by atoms with Crippen LogP contribution < -0.4 is 21.3 Å². The Balaban J connectivity index is 0.00000226. The number of anilines is 2. The van der Waals surface area contributed by atoms with Crippen molar-refractivity contribution in [2.45, 2.75) is 53.0 Å². The van der Waals surface area contributed by atoms with E-state index in [9.17, 15) is 9.59 Å². The molecule has 1 aromatic heterocycles. The van der Waals surface area contributed by atoms with Crippen molar-refractivity contribution in [2.75, 3.05) is 24.3 Å². The quantitative estimate of drug-likeness (QED) is 0.151. The molecule has 45 heavy (non-hydrogen) atoms. The van der Waals surface area contributed by atoms with Crippen LogP contribution in [0.3, 0.4) is 0 Å². The van der Waals surface area contributed by atoms with Crippen molar-refractivity contribution in [2.24, 2.45) is 27.6 Å². The van der Waals surface area contributed by atoms with E-state index in [0.717, 1.165) is 64.7 Å². The Hall–Kier alpha value is -4.83. The molecule has 2 aromatic carbocycles. The van der Waals surface area contributed by atoms with E-state index < -0.39 is 0 Å². The maximum atomic E-state index is 13.7. The van der Waals surface area contributed by atoms with Gasteiger partial charge < -0.3 is 26.3 Å². The molecule has 2 heterocycles. The number of amidine groups is 1. The number of hydrogen-bond donors (Lipinski definition) is 5. The predicted molar refractivity (Wildman–Crippen MR) is 186 cm³/mol. The Kier molecular flexibility index (Phi) is 10.9. The van der Waals surface area contributed by atoms with Gasteiger partial charge in [-0.05, 0) is 83.0 Å². The summed E-state index contributed by atoms with van der Waals surface area (Å²) in [7, 11) is 3.29. The fourth-order valence-corrected chi connectivity index (χ4v) is 5.93. The maximum absolute atomic E-state index is 13.7. The summed E-state index contributed by atoms with van der Waals surface area (Å²) in [4.78, 5) is 40.4. The van der Waals surface area contributed by atoms with Crippen molar-refractivity contribution < 1.29 is 9.59 Å². The summed E-state index contributed by atoms with van der Waals surface area (Å²) in [6.45, 7) is 10.1. The number of para-hydroxylation sites is 1. The second kappa shape index (κ2) is 14.8. The number of aliphatic imine (C=N–C) groups is 2. The number of benzene rings is 2.